The van der Waals surface area contributed by atoms with Gasteiger partial charge in [0.05, 0.1) is 15.9 Å². The Morgan fingerprint density at radius 2 is 1.81 bits per heavy atom. The van der Waals surface area contributed by atoms with Crippen LogP contribution in [0.5, 0.6) is 0 Å². The average molecular weight is 320 g/mol. The van der Waals surface area contributed by atoms with Gasteiger partial charge in [-0.15, -0.1) is 11.6 Å². The predicted octanol–water partition coefficient (Wildman–Crippen LogP) is 5.55. The van der Waals surface area contributed by atoms with Crippen LogP contribution in [-0.2, 0) is 6.42 Å². The Morgan fingerprint density at radius 3 is 2.67 bits per heavy atom. The Balaban J connectivity index is 1.89. The highest BCUT2D eigenvalue weighted by molar-refractivity contribution is 6.31. The molecule has 4 heteroatoms. The molecule has 1 unspecified atom stereocenters. The summed E-state index contributed by atoms with van der Waals surface area (Å²) in [7, 11) is 0. The Kier molecular flexibility index (Phi) is 4.09. The smallest absolute Gasteiger partial charge is 0.146 e. The first-order valence-corrected chi connectivity index (χ1v) is 7.39. The SMILES string of the molecule is Fc1c(Cl)cccc1C(Cl)Cc1ccc2ccccc2n1. The molecule has 0 aliphatic heterocycles. The minimum absolute atomic E-state index is 0.0876. The molecule has 0 radical (unpaired) electrons. The molecule has 0 aliphatic carbocycles. The lowest BCUT2D eigenvalue weighted by Crippen LogP contribution is -2.01. The molecule has 21 heavy (non-hydrogen) atoms. The van der Waals surface area contributed by atoms with Crippen molar-refractivity contribution in [2.45, 2.75) is 11.8 Å². The van der Waals surface area contributed by atoms with Gasteiger partial charge in [-0.1, -0.05) is 48.0 Å². The van der Waals surface area contributed by atoms with E-state index in [9.17, 15) is 4.39 Å². The van der Waals surface area contributed by atoms with Gasteiger partial charge in [0.25, 0.3) is 0 Å². The number of benzene rings is 2. The molecule has 0 bridgehead atoms. The van der Waals surface area contributed by atoms with E-state index in [1.165, 1.54) is 6.07 Å². The molecule has 0 spiro atoms. The lowest BCUT2D eigenvalue weighted by atomic mass is 10.1. The predicted molar refractivity (Wildman–Crippen MR) is 85.5 cm³/mol. The quantitative estimate of drug-likeness (QED) is 0.577. The fraction of sp³-hybridized carbons (Fsp3) is 0.118. The highest BCUT2D eigenvalue weighted by atomic mass is 35.5. The first-order valence-electron chi connectivity index (χ1n) is 6.58. The summed E-state index contributed by atoms with van der Waals surface area (Å²) in [5.74, 6) is -0.458. The third-order valence-corrected chi connectivity index (χ3v) is 4.04. The maximum Gasteiger partial charge on any atom is 0.146 e. The lowest BCUT2D eigenvalue weighted by Gasteiger charge is -2.11. The van der Waals surface area contributed by atoms with Crippen molar-refractivity contribution in [1.29, 1.82) is 0 Å². The topological polar surface area (TPSA) is 12.9 Å². The van der Waals surface area contributed by atoms with Crippen molar-refractivity contribution in [3.63, 3.8) is 0 Å². The molecule has 1 atom stereocenters. The van der Waals surface area contributed by atoms with Gasteiger partial charge in [0, 0.05) is 23.1 Å². The molecule has 0 amide bonds. The third-order valence-electron chi connectivity index (χ3n) is 3.36. The lowest BCUT2D eigenvalue weighted by molar-refractivity contribution is 0.605. The number of hydrogen-bond acceptors (Lipinski definition) is 1. The molecule has 1 aromatic heterocycles. The largest absolute Gasteiger partial charge is 0.253 e. The van der Waals surface area contributed by atoms with E-state index in [2.05, 4.69) is 4.98 Å². The summed E-state index contributed by atoms with van der Waals surface area (Å²) < 4.78 is 14.0. The molecular weight excluding hydrogens is 308 g/mol. The van der Waals surface area contributed by atoms with Gasteiger partial charge in [0.1, 0.15) is 5.82 Å². The number of aromatic nitrogens is 1. The maximum absolute atomic E-state index is 14.0. The number of nitrogens with zero attached hydrogens (tertiary/aromatic N) is 1. The summed E-state index contributed by atoms with van der Waals surface area (Å²) in [5.41, 5.74) is 2.14. The molecule has 0 N–H and O–H groups in total. The summed E-state index contributed by atoms with van der Waals surface area (Å²) >= 11 is 12.1. The molecule has 1 heterocycles. The molecule has 2 aromatic carbocycles. The highest BCUT2D eigenvalue weighted by Gasteiger charge is 2.16. The minimum Gasteiger partial charge on any atom is -0.253 e. The van der Waals surface area contributed by atoms with Crippen LogP contribution in [-0.4, -0.2) is 4.98 Å². The first kappa shape index (κ1) is 14.3. The summed E-state index contributed by atoms with van der Waals surface area (Å²) in [5, 5.41) is 0.656. The monoisotopic (exact) mass is 319 g/mol. The number of rotatable bonds is 3. The summed E-state index contributed by atoms with van der Waals surface area (Å²) in [6, 6.07) is 16.6. The second-order valence-electron chi connectivity index (χ2n) is 4.81. The number of fused-ring (bicyclic) bond motifs is 1. The number of alkyl halides is 1. The molecular formula is C17H12Cl2FN. The zero-order valence-electron chi connectivity index (χ0n) is 11.1. The second kappa shape index (κ2) is 6.00. The van der Waals surface area contributed by atoms with Crippen molar-refractivity contribution in [3.8, 4) is 0 Å². The van der Waals surface area contributed by atoms with Crippen LogP contribution in [0.15, 0.2) is 54.6 Å². The molecule has 106 valence electrons. The van der Waals surface area contributed by atoms with Gasteiger partial charge in [0.15, 0.2) is 0 Å². The minimum atomic E-state index is -0.502. The van der Waals surface area contributed by atoms with Gasteiger partial charge in [0.2, 0.25) is 0 Å². The molecule has 0 aliphatic rings. The van der Waals surface area contributed by atoms with Gasteiger partial charge < -0.3 is 0 Å². The van der Waals surface area contributed by atoms with Gasteiger partial charge in [-0.05, 0) is 18.2 Å². The standard InChI is InChI=1S/C17H12Cl2FN/c18-14-6-3-5-13(17(14)20)15(19)10-12-9-8-11-4-1-2-7-16(11)21-12/h1-9,15H,10H2. The van der Waals surface area contributed by atoms with E-state index in [0.717, 1.165) is 16.6 Å². The second-order valence-corrected chi connectivity index (χ2v) is 5.74. The third kappa shape index (κ3) is 3.02. The number of halogens is 3. The fourth-order valence-electron chi connectivity index (χ4n) is 2.28. The van der Waals surface area contributed by atoms with Crippen molar-refractivity contribution in [2.24, 2.45) is 0 Å². The first-order chi connectivity index (χ1) is 10.1. The van der Waals surface area contributed by atoms with Crippen molar-refractivity contribution < 1.29 is 4.39 Å². The molecule has 0 saturated heterocycles. The van der Waals surface area contributed by atoms with Crippen LogP contribution < -0.4 is 0 Å². The van der Waals surface area contributed by atoms with Gasteiger partial charge in [-0.2, -0.15) is 0 Å². The van der Waals surface area contributed by atoms with Crippen LogP contribution >= 0.6 is 23.2 Å². The zero-order valence-corrected chi connectivity index (χ0v) is 12.6. The van der Waals surface area contributed by atoms with Crippen LogP contribution in [0.1, 0.15) is 16.6 Å². The van der Waals surface area contributed by atoms with Crippen molar-refractivity contribution >= 4 is 34.1 Å². The molecule has 0 fully saturated rings. The number of para-hydroxylation sites is 1. The van der Waals surface area contributed by atoms with Crippen LogP contribution in [0.3, 0.4) is 0 Å². The summed E-state index contributed by atoms with van der Waals surface area (Å²) in [6.07, 6.45) is 0.448. The van der Waals surface area contributed by atoms with Gasteiger partial charge >= 0.3 is 0 Å². The van der Waals surface area contributed by atoms with Crippen molar-refractivity contribution in [2.75, 3.05) is 0 Å². The Hall–Kier alpha value is -1.64. The average Bonchev–Trinajstić information content (AvgIpc) is 2.50. The van der Waals surface area contributed by atoms with Crippen LogP contribution in [0.4, 0.5) is 4.39 Å². The Morgan fingerprint density at radius 1 is 1.00 bits per heavy atom. The van der Waals surface area contributed by atoms with E-state index in [1.54, 1.807) is 12.1 Å². The van der Waals surface area contributed by atoms with E-state index in [0.29, 0.717) is 12.0 Å². The van der Waals surface area contributed by atoms with E-state index in [4.69, 9.17) is 23.2 Å². The van der Waals surface area contributed by atoms with E-state index in [-0.39, 0.29) is 5.02 Å². The van der Waals surface area contributed by atoms with Gasteiger partial charge in [-0.3, -0.25) is 4.98 Å². The van der Waals surface area contributed by atoms with Crippen LogP contribution in [0.25, 0.3) is 10.9 Å². The van der Waals surface area contributed by atoms with E-state index < -0.39 is 11.2 Å². The Labute approximate surface area is 132 Å². The van der Waals surface area contributed by atoms with Gasteiger partial charge in [-0.25, -0.2) is 4.39 Å². The summed E-state index contributed by atoms with van der Waals surface area (Å²) in [6.45, 7) is 0. The highest BCUT2D eigenvalue weighted by Crippen LogP contribution is 2.30. The molecule has 3 aromatic rings. The molecule has 3 rings (SSSR count). The molecule has 0 saturated carbocycles. The Bertz CT molecular complexity index is 789. The van der Waals surface area contributed by atoms with E-state index >= 15 is 0 Å². The zero-order chi connectivity index (χ0) is 14.8. The number of hydrogen-bond donors (Lipinski definition) is 0. The normalized spacial score (nSPS) is 12.5. The van der Waals surface area contributed by atoms with Crippen LogP contribution in [0, 0.1) is 5.82 Å². The summed E-state index contributed by atoms with van der Waals surface area (Å²) in [4.78, 5) is 4.55. The maximum atomic E-state index is 14.0. The van der Waals surface area contributed by atoms with Crippen LogP contribution in [0.2, 0.25) is 5.02 Å². The van der Waals surface area contributed by atoms with Crippen molar-refractivity contribution in [3.05, 3.63) is 76.7 Å². The fourth-order valence-corrected chi connectivity index (χ4v) is 2.79. The van der Waals surface area contributed by atoms with Crippen molar-refractivity contribution in [1.82, 2.24) is 4.98 Å². The molecule has 1 nitrogen and oxygen atoms in total. The van der Waals surface area contributed by atoms with E-state index in [1.807, 2.05) is 36.4 Å². The number of pyridine rings is 1.